The minimum absolute atomic E-state index is 0.148. The number of hydrogen-bond donors (Lipinski definition) is 1. The topological polar surface area (TPSA) is 57.6 Å². The van der Waals surface area contributed by atoms with Crippen LogP contribution in [0.2, 0.25) is 0 Å². The predicted octanol–water partition coefficient (Wildman–Crippen LogP) is 3.29. The molecular formula is C19H21NO3. The summed E-state index contributed by atoms with van der Waals surface area (Å²) in [5, 5.41) is 9.14. The smallest absolute Gasteiger partial charge is 0.323 e. The molecule has 0 fully saturated rings. The summed E-state index contributed by atoms with van der Waals surface area (Å²) in [5.41, 5.74) is 1.84. The number of benzene rings is 2. The molecule has 4 heteroatoms. The van der Waals surface area contributed by atoms with E-state index in [-0.39, 0.29) is 18.4 Å². The summed E-state index contributed by atoms with van der Waals surface area (Å²) in [5.74, 6) is -1.47. The Kier molecular flexibility index (Phi) is 5.92. The Balaban J connectivity index is 2.22. The van der Waals surface area contributed by atoms with Crippen LogP contribution in [0.25, 0.3) is 0 Å². The van der Waals surface area contributed by atoms with Gasteiger partial charge in [0.05, 0.1) is 5.92 Å². The summed E-state index contributed by atoms with van der Waals surface area (Å²) < 4.78 is 0. The summed E-state index contributed by atoms with van der Waals surface area (Å²) in [6, 6.07) is 19.0. The Morgan fingerprint density at radius 1 is 1.00 bits per heavy atom. The van der Waals surface area contributed by atoms with Crippen LogP contribution >= 0.6 is 0 Å². The molecule has 2 aromatic carbocycles. The van der Waals surface area contributed by atoms with Crippen LogP contribution in [0.5, 0.6) is 0 Å². The number of rotatable bonds is 7. The van der Waals surface area contributed by atoms with Crippen molar-refractivity contribution in [3.8, 4) is 0 Å². The molecule has 1 unspecified atom stereocenters. The second-order valence-electron chi connectivity index (χ2n) is 5.45. The van der Waals surface area contributed by atoms with Crippen LogP contribution in [-0.2, 0) is 16.1 Å². The van der Waals surface area contributed by atoms with Crippen molar-refractivity contribution in [3.05, 3.63) is 71.8 Å². The van der Waals surface area contributed by atoms with Crippen LogP contribution in [0.15, 0.2) is 60.7 Å². The van der Waals surface area contributed by atoms with Crippen LogP contribution in [-0.4, -0.2) is 28.4 Å². The van der Waals surface area contributed by atoms with E-state index in [2.05, 4.69) is 0 Å². The first-order valence-electron chi connectivity index (χ1n) is 7.71. The molecule has 4 nitrogen and oxygen atoms in total. The van der Waals surface area contributed by atoms with Gasteiger partial charge < -0.3 is 10.0 Å². The Morgan fingerprint density at radius 2 is 1.57 bits per heavy atom. The lowest BCUT2D eigenvalue weighted by atomic mass is 9.95. The molecule has 0 heterocycles. The fourth-order valence-electron chi connectivity index (χ4n) is 2.64. The minimum atomic E-state index is -1.00. The van der Waals surface area contributed by atoms with Crippen LogP contribution in [0.1, 0.15) is 30.4 Å². The first-order chi connectivity index (χ1) is 11.1. The molecule has 0 aliphatic rings. The van der Waals surface area contributed by atoms with E-state index >= 15 is 0 Å². The lowest BCUT2D eigenvalue weighted by Crippen LogP contribution is -2.38. The van der Waals surface area contributed by atoms with E-state index in [9.17, 15) is 9.59 Å². The van der Waals surface area contributed by atoms with Gasteiger partial charge in [0.15, 0.2) is 0 Å². The first kappa shape index (κ1) is 16.7. The minimum Gasteiger partial charge on any atom is -0.480 e. The lowest BCUT2D eigenvalue weighted by molar-refractivity contribution is -0.145. The highest BCUT2D eigenvalue weighted by Gasteiger charge is 2.25. The van der Waals surface area contributed by atoms with Crippen molar-refractivity contribution in [2.24, 2.45) is 0 Å². The van der Waals surface area contributed by atoms with Crippen molar-refractivity contribution in [2.45, 2.75) is 25.8 Å². The highest BCUT2D eigenvalue weighted by Crippen LogP contribution is 2.23. The Morgan fingerprint density at radius 3 is 2.09 bits per heavy atom. The van der Waals surface area contributed by atoms with Crippen molar-refractivity contribution in [1.29, 1.82) is 0 Å². The molecule has 23 heavy (non-hydrogen) atoms. The van der Waals surface area contributed by atoms with Crippen LogP contribution < -0.4 is 0 Å². The summed E-state index contributed by atoms with van der Waals surface area (Å²) in [4.78, 5) is 25.5. The Bertz CT molecular complexity index is 640. The maximum absolute atomic E-state index is 12.9. The number of carbonyl (C=O) groups excluding carboxylic acids is 1. The second-order valence-corrected chi connectivity index (χ2v) is 5.45. The van der Waals surface area contributed by atoms with Crippen LogP contribution in [0.3, 0.4) is 0 Å². The molecule has 0 saturated carbocycles. The molecule has 120 valence electrons. The van der Waals surface area contributed by atoms with Gasteiger partial charge in [-0.05, 0) is 17.5 Å². The second kappa shape index (κ2) is 8.13. The van der Waals surface area contributed by atoms with Gasteiger partial charge in [-0.25, -0.2) is 0 Å². The molecule has 2 rings (SSSR count). The SMILES string of the molecule is CCC(C(=O)N(CC(=O)O)Cc1ccccc1)c1ccccc1. The predicted molar refractivity (Wildman–Crippen MR) is 89.0 cm³/mol. The summed E-state index contributed by atoms with van der Waals surface area (Å²) in [6.07, 6.45) is 0.633. The monoisotopic (exact) mass is 311 g/mol. The van der Waals surface area contributed by atoms with E-state index in [1.807, 2.05) is 67.6 Å². The molecule has 1 atom stereocenters. The maximum atomic E-state index is 12.9. The normalized spacial score (nSPS) is 11.7. The Labute approximate surface area is 136 Å². The van der Waals surface area contributed by atoms with Gasteiger partial charge in [0.25, 0.3) is 0 Å². The molecule has 1 amide bonds. The van der Waals surface area contributed by atoms with Gasteiger partial charge in [0.1, 0.15) is 6.54 Å². The number of aliphatic carboxylic acids is 1. The molecule has 2 aromatic rings. The van der Waals surface area contributed by atoms with E-state index in [0.717, 1.165) is 11.1 Å². The number of carbonyl (C=O) groups is 2. The number of carboxylic acid groups (broad SMARTS) is 1. The fraction of sp³-hybridized carbons (Fsp3) is 0.263. The number of carboxylic acids is 1. The van der Waals surface area contributed by atoms with Gasteiger partial charge in [-0.2, -0.15) is 0 Å². The summed E-state index contributed by atoms with van der Waals surface area (Å²) >= 11 is 0. The van der Waals surface area contributed by atoms with E-state index in [1.54, 1.807) is 0 Å². The van der Waals surface area contributed by atoms with Crippen molar-refractivity contribution in [1.82, 2.24) is 4.90 Å². The van der Waals surface area contributed by atoms with E-state index in [0.29, 0.717) is 13.0 Å². The van der Waals surface area contributed by atoms with Crippen LogP contribution in [0, 0.1) is 0 Å². The molecule has 0 saturated heterocycles. The zero-order valence-electron chi connectivity index (χ0n) is 13.2. The molecule has 0 aliphatic heterocycles. The van der Waals surface area contributed by atoms with Gasteiger partial charge in [-0.3, -0.25) is 9.59 Å². The number of amides is 1. The molecule has 0 radical (unpaired) electrons. The molecule has 0 bridgehead atoms. The van der Waals surface area contributed by atoms with Crippen molar-refractivity contribution in [3.63, 3.8) is 0 Å². The molecule has 0 spiro atoms. The average Bonchev–Trinajstić information content (AvgIpc) is 2.56. The maximum Gasteiger partial charge on any atom is 0.323 e. The highest BCUT2D eigenvalue weighted by atomic mass is 16.4. The largest absolute Gasteiger partial charge is 0.480 e. The molecule has 1 N–H and O–H groups in total. The number of hydrogen-bond acceptors (Lipinski definition) is 2. The van der Waals surface area contributed by atoms with Gasteiger partial charge in [0.2, 0.25) is 5.91 Å². The van der Waals surface area contributed by atoms with Crippen molar-refractivity contribution < 1.29 is 14.7 Å². The quantitative estimate of drug-likeness (QED) is 0.853. The first-order valence-corrected chi connectivity index (χ1v) is 7.71. The highest BCUT2D eigenvalue weighted by molar-refractivity contribution is 5.86. The zero-order valence-corrected chi connectivity index (χ0v) is 13.2. The van der Waals surface area contributed by atoms with E-state index in [4.69, 9.17) is 5.11 Å². The Hall–Kier alpha value is -2.62. The zero-order chi connectivity index (χ0) is 16.7. The molecular weight excluding hydrogens is 290 g/mol. The summed E-state index contributed by atoms with van der Waals surface area (Å²) in [6.45, 7) is 1.95. The van der Waals surface area contributed by atoms with Crippen molar-refractivity contribution in [2.75, 3.05) is 6.54 Å². The number of nitrogens with zero attached hydrogens (tertiary/aromatic N) is 1. The van der Waals surface area contributed by atoms with E-state index < -0.39 is 5.97 Å². The van der Waals surface area contributed by atoms with Crippen molar-refractivity contribution >= 4 is 11.9 Å². The fourth-order valence-corrected chi connectivity index (χ4v) is 2.64. The van der Waals surface area contributed by atoms with Gasteiger partial charge >= 0.3 is 5.97 Å². The third-order valence-electron chi connectivity index (χ3n) is 3.76. The third kappa shape index (κ3) is 4.68. The summed E-state index contributed by atoms with van der Waals surface area (Å²) in [7, 11) is 0. The van der Waals surface area contributed by atoms with Gasteiger partial charge in [-0.1, -0.05) is 67.6 Å². The standard InChI is InChI=1S/C19H21NO3/c1-2-17(16-11-7-4-8-12-16)19(23)20(14-18(21)22)13-15-9-5-3-6-10-15/h3-12,17H,2,13-14H2,1H3,(H,21,22). The van der Waals surface area contributed by atoms with Gasteiger partial charge in [-0.15, -0.1) is 0 Å². The van der Waals surface area contributed by atoms with Gasteiger partial charge in [0, 0.05) is 6.54 Å². The van der Waals surface area contributed by atoms with Crippen LogP contribution in [0.4, 0.5) is 0 Å². The third-order valence-corrected chi connectivity index (χ3v) is 3.76. The molecule has 0 aliphatic carbocycles. The lowest BCUT2D eigenvalue weighted by Gasteiger charge is -2.26. The molecule has 0 aromatic heterocycles. The average molecular weight is 311 g/mol. The van der Waals surface area contributed by atoms with E-state index in [1.165, 1.54) is 4.90 Å².